The van der Waals surface area contributed by atoms with E-state index in [1.807, 2.05) is 18.9 Å². The molecule has 2 bridgehead atoms. The minimum atomic E-state index is -2.67. The Morgan fingerprint density at radius 2 is 1.22 bits per heavy atom. The number of esters is 1. The molecule has 5 fully saturated rings. The highest BCUT2D eigenvalue weighted by Crippen LogP contribution is 2.40. The van der Waals surface area contributed by atoms with Gasteiger partial charge in [0.2, 0.25) is 11.7 Å². The third kappa shape index (κ3) is 22.3. The molecule has 29 nitrogen and oxygen atoms in total. The van der Waals surface area contributed by atoms with Gasteiger partial charge < -0.3 is 135 Å². The number of carbonyl (C=O) groups excluding carboxylic acids is 2. The molecular weight excluding hydrogens is 1230 g/mol. The van der Waals surface area contributed by atoms with E-state index in [0.717, 1.165) is 0 Å². The second-order valence-corrected chi connectivity index (χ2v) is 25.7. The van der Waals surface area contributed by atoms with Crippen LogP contribution in [-0.4, -0.2) is 314 Å². The van der Waals surface area contributed by atoms with E-state index in [1.165, 1.54) is 13.0 Å². The van der Waals surface area contributed by atoms with Crippen molar-refractivity contribution in [2.75, 3.05) is 53.0 Å². The number of fused-ring (bicyclic) bond motifs is 2. The molecule has 6 heterocycles. The van der Waals surface area contributed by atoms with E-state index in [4.69, 9.17) is 33.2 Å². The number of hydrogen-bond acceptors (Lipinski definition) is 28. The van der Waals surface area contributed by atoms with E-state index in [2.05, 4.69) is 5.32 Å². The highest BCUT2D eigenvalue weighted by atomic mass is 16.7. The number of nitrogens with zero attached hydrogens (tertiary/aromatic N) is 2. The van der Waals surface area contributed by atoms with Crippen LogP contribution in [0.1, 0.15) is 79.1 Å². The van der Waals surface area contributed by atoms with E-state index in [9.17, 15) is 96.4 Å². The Labute approximate surface area is 542 Å². The monoisotopic (exact) mass is 1330 g/mol. The summed E-state index contributed by atoms with van der Waals surface area (Å²) in [7, 11) is 1.89. The maximum absolute atomic E-state index is 14.6. The molecule has 0 aromatic rings. The zero-order valence-corrected chi connectivity index (χ0v) is 53.4. The molecule has 0 spiro atoms. The minimum absolute atomic E-state index is 0.148. The van der Waals surface area contributed by atoms with Gasteiger partial charge >= 0.3 is 5.97 Å². The molecular formula is C64H103N3O26. The fraction of sp³-hybridized carbons (Fsp3) is 0.750. The highest BCUT2D eigenvalue weighted by Gasteiger charge is 2.56. The van der Waals surface area contributed by atoms with Crippen molar-refractivity contribution in [1.29, 1.82) is 0 Å². The molecule has 29 heteroatoms. The number of amides is 1. The number of likely N-dealkylation sites (N-methyl/N-ethyl adjacent to an activating group) is 1. The molecule has 0 saturated carbocycles. The van der Waals surface area contributed by atoms with Gasteiger partial charge in [-0.05, 0) is 40.2 Å². The molecule has 28 atom stereocenters. The fourth-order valence-corrected chi connectivity index (χ4v) is 12.2. The third-order valence-electron chi connectivity index (χ3n) is 18.2. The summed E-state index contributed by atoms with van der Waals surface area (Å²) in [6.45, 7) is 5.89. The van der Waals surface area contributed by atoms with Crippen molar-refractivity contribution in [3.8, 4) is 0 Å². The van der Waals surface area contributed by atoms with Gasteiger partial charge in [-0.1, -0.05) is 98.9 Å². The van der Waals surface area contributed by atoms with E-state index >= 15 is 0 Å². The summed E-state index contributed by atoms with van der Waals surface area (Å²) in [5, 5.41) is 191. The summed E-state index contributed by atoms with van der Waals surface area (Å²) in [6.07, 6.45) is -13.2. The first-order valence-electron chi connectivity index (χ1n) is 32.1. The van der Waals surface area contributed by atoms with E-state index in [1.54, 1.807) is 97.7 Å². The quantitative estimate of drug-likeness (QED) is 0.0971. The van der Waals surface area contributed by atoms with Gasteiger partial charge in [-0.2, -0.15) is 0 Å². The van der Waals surface area contributed by atoms with Gasteiger partial charge in [-0.3, -0.25) is 9.59 Å². The molecule has 18 N–H and O–H groups in total. The van der Waals surface area contributed by atoms with E-state index in [-0.39, 0.29) is 44.7 Å². The van der Waals surface area contributed by atoms with Crippen LogP contribution >= 0.6 is 0 Å². The van der Waals surface area contributed by atoms with Gasteiger partial charge in [-0.25, -0.2) is 0 Å². The lowest BCUT2D eigenvalue weighted by atomic mass is 9.81. The molecule has 5 saturated heterocycles. The Balaban J connectivity index is 1.26. The van der Waals surface area contributed by atoms with Crippen molar-refractivity contribution in [2.24, 2.45) is 17.8 Å². The summed E-state index contributed by atoms with van der Waals surface area (Å²) >= 11 is 0. The average Bonchev–Trinajstić information content (AvgIpc) is 0.788. The summed E-state index contributed by atoms with van der Waals surface area (Å²) in [6, 6.07) is -1.46. The molecule has 0 radical (unpaired) electrons. The van der Waals surface area contributed by atoms with Crippen molar-refractivity contribution >= 4 is 11.9 Å². The summed E-state index contributed by atoms with van der Waals surface area (Å²) in [5.41, 5.74) is 0. The lowest BCUT2D eigenvalue weighted by molar-refractivity contribution is -0.368. The number of aliphatic hydroxyl groups excluding tert-OH is 15. The third-order valence-corrected chi connectivity index (χ3v) is 18.2. The molecule has 4 unspecified atom stereocenters. The van der Waals surface area contributed by atoms with Crippen LogP contribution in [0.15, 0.2) is 85.1 Å². The number of rotatable bonds is 9. The van der Waals surface area contributed by atoms with Crippen molar-refractivity contribution in [3.63, 3.8) is 0 Å². The molecule has 6 rings (SSSR count). The number of piperazine rings is 1. The highest BCUT2D eigenvalue weighted by molar-refractivity contribution is 5.80. The van der Waals surface area contributed by atoms with Crippen LogP contribution in [0.3, 0.4) is 0 Å². The topological polar surface area (TPSA) is 461 Å². The lowest BCUT2D eigenvalue weighted by Gasteiger charge is -2.48. The van der Waals surface area contributed by atoms with Crippen LogP contribution in [0.25, 0.3) is 0 Å². The van der Waals surface area contributed by atoms with Crippen LogP contribution < -0.4 is 5.32 Å². The number of ether oxygens (including phenoxy) is 7. The van der Waals surface area contributed by atoms with E-state index < -0.39 is 221 Å². The van der Waals surface area contributed by atoms with Gasteiger partial charge in [0.15, 0.2) is 18.4 Å². The number of aliphatic hydroxyl groups is 17. The van der Waals surface area contributed by atoms with Crippen LogP contribution in [0, 0.1) is 17.8 Å². The van der Waals surface area contributed by atoms with Gasteiger partial charge in [0.05, 0.1) is 105 Å². The molecule has 0 aromatic carbocycles. The molecule has 1 amide bonds. The Morgan fingerprint density at radius 1 is 0.613 bits per heavy atom. The first kappa shape index (κ1) is 78.1. The SMILES string of the molecule is C[C@@H]1[C@H](O)[C@@H](C)C=CC=CC=CC=CC=CC=CC=C[C@H](OC2O[C@H](C)[C@@H](O)[C@H](NC[C@@]3(O)OC[C@@H](O)[C@@H](OC4O[C@H](CO)[C@H](O)[C@H](O)[C@H]4O)[C@@H]3O)[C@@H]2O)CC2O[C@](O)(C[C@@H](O)C[C@@H](O)[C@H](O)CC[C@@H](O)C[C@@H](O)CC(=O)O[C@H]1C)C[C@H](O)C2C(=O)N1CCN(C)CC1. The minimum Gasteiger partial charge on any atom is -0.462 e. The zero-order chi connectivity index (χ0) is 68.5. The zero-order valence-electron chi connectivity index (χ0n) is 53.4. The van der Waals surface area contributed by atoms with Gasteiger partial charge in [0, 0.05) is 63.7 Å². The fourth-order valence-electron chi connectivity index (χ4n) is 12.2. The largest absolute Gasteiger partial charge is 0.462 e. The van der Waals surface area contributed by atoms with Crippen LogP contribution in [0.2, 0.25) is 0 Å². The maximum Gasteiger partial charge on any atom is 0.308 e. The second kappa shape index (κ2) is 36.6. The predicted molar refractivity (Wildman–Crippen MR) is 329 cm³/mol. The van der Waals surface area contributed by atoms with Crippen LogP contribution in [-0.2, 0) is 42.7 Å². The normalized spacial score (nSPS) is 44.2. The smallest absolute Gasteiger partial charge is 0.308 e. The average molecular weight is 1330 g/mol. The van der Waals surface area contributed by atoms with Crippen molar-refractivity contribution < 1.29 is 130 Å². The summed E-state index contributed by atoms with van der Waals surface area (Å²) in [5.74, 6) is -8.52. The first-order chi connectivity index (χ1) is 44.0. The lowest BCUT2D eigenvalue weighted by Crippen LogP contribution is -2.70. The Bertz CT molecular complexity index is 2500. The number of allylic oxidation sites excluding steroid dienone is 12. The Kier molecular flexibility index (Phi) is 30.8. The summed E-state index contributed by atoms with van der Waals surface area (Å²) < 4.78 is 40.9. The van der Waals surface area contributed by atoms with Gasteiger partial charge in [0.1, 0.15) is 54.9 Å². The number of nitrogens with one attached hydrogen (secondary N) is 1. The summed E-state index contributed by atoms with van der Waals surface area (Å²) in [4.78, 5) is 31.0. The Morgan fingerprint density at radius 3 is 1.84 bits per heavy atom. The van der Waals surface area contributed by atoms with E-state index in [0.29, 0.717) is 13.1 Å². The second-order valence-electron chi connectivity index (χ2n) is 25.7. The molecule has 6 aliphatic heterocycles. The van der Waals surface area contributed by atoms with Gasteiger partial charge in [0.25, 0.3) is 0 Å². The molecule has 0 aromatic heterocycles. The molecule has 0 aliphatic carbocycles. The van der Waals surface area contributed by atoms with Crippen molar-refractivity contribution in [1.82, 2.24) is 15.1 Å². The molecule has 6 aliphatic rings. The maximum atomic E-state index is 14.6. The number of cyclic esters (lactones) is 1. The first-order valence-corrected chi connectivity index (χ1v) is 32.1. The molecule has 93 heavy (non-hydrogen) atoms. The Hall–Kier alpha value is -3.88. The molecule has 530 valence electrons. The standard InChI is InChI=1S/C64H103N3O26/c1-35-18-16-14-12-10-8-6-7-9-11-13-15-17-19-42(90-61-55(80)51(53(78)38(4)89-61)65-34-64(86)59(83)58(46(75)33-87-64)92-62-57(82)56(81)54(79)48(32-68)91-62)29-47-50(60(84)67-24-22-66(5)23-25-67)45(74)31-63(85,93-47)30-41(71)27-44(73)43(72)21-20-39(69)26-40(70)28-49(76)88-37(3)36(2)52(35)77/h6-19,35-48,50-59,61-62,65,68-75,77-83,85-86H,20-34H2,1-5H3/t35-,36-,37-,38+,39+,40+,41-,42-,43+,44+,45-,46+,47?,48+,50?,51-,52+,53+,54-,55-,56-,57+,58+,59-,61?,62?,63+,64+/m0/s1. The van der Waals surface area contributed by atoms with Crippen LogP contribution in [0.5, 0.6) is 0 Å². The van der Waals surface area contributed by atoms with Crippen molar-refractivity contribution in [2.45, 2.75) is 231 Å². The van der Waals surface area contributed by atoms with Gasteiger partial charge in [-0.15, -0.1) is 0 Å². The van der Waals surface area contributed by atoms with Crippen LogP contribution in [0.4, 0.5) is 0 Å². The van der Waals surface area contributed by atoms with Crippen molar-refractivity contribution in [3.05, 3.63) is 85.1 Å². The predicted octanol–water partition coefficient (Wildman–Crippen LogP) is -4.34. The number of hydrogen-bond donors (Lipinski definition) is 18. The number of carbonyl (C=O) groups is 2.